The van der Waals surface area contributed by atoms with Gasteiger partial charge in [-0.15, -0.1) is 0 Å². The van der Waals surface area contributed by atoms with E-state index in [1.54, 1.807) is 12.1 Å². The summed E-state index contributed by atoms with van der Waals surface area (Å²) in [6.07, 6.45) is 4.86. The molecule has 2 rings (SSSR count). The first-order chi connectivity index (χ1) is 7.72. The summed E-state index contributed by atoms with van der Waals surface area (Å²) in [6, 6.07) is 5.26. The number of phenols is 1. The van der Waals surface area contributed by atoms with Crippen LogP contribution < -0.4 is 0 Å². The number of rotatable bonds is 2. The third-order valence-electron chi connectivity index (χ3n) is 3.25. The average molecular weight is 220 g/mol. The minimum Gasteiger partial charge on any atom is -0.507 e. The molecule has 0 spiro atoms. The Hall–Kier alpha value is -1.51. The smallest absolute Gasteiger partial charge is 0.341 e. The molecule has 1 fully saturated rings. The van der Waals surface area contributed by atoms with Crippen LogP contribution in [0, 0.1) is 0 Å². The van der Waals surface area contributed by atoms with Crippen molar-refractivity contribution < 1.29 is 14.6 Å². The van der Waals surface area contributed by atoms with Crippen LogP contribution in [0.5, 0.6) is 5.75 Å². The molecule has 0 amide bonds. The van der Waals surface area contributed by atoms with Crippen molar-refractivity contribution in [2.45, 2.75) is 31.6 Å². The number of carbonyl (C=O) groups is 1. The third kappa shape index (κ3) is 2.03. The van der Waals surface area contributed by atoms with Gasteiger partial charge in [0.25, 0.3) is 0 Å². The number of hydrogen-bond donors (Lipinski definition) is 1. The summed E-state index contributed by atoms with van der Waals surface area (Å²) in [5.74, 6) is 0.0734. The van der Waals surface area contributed by atoms with Crippen LogP contribution in [0.25, 0.3) is 0 Å². The predicted octanol–water partition coefficient (Wildman–Crippen LogP) is 2.84. The van der Waals surface area contributed by atoms with E-state index in [2.05, 4.69) is 4.74 Å². The van der Waals surface area contributed by atoms with Crippen LogP contribution in [0.1, 0.15) is 47.5 Å². The third-order valence-corrected chi connectivity index (χ3v) is 3.25. The Bertz CT molecular complexity index is 392. The van der Waals surface area contributed by atoms with E-state index in [0.29, 0.717) is 5.92 Å². The van der Waals surface area contributed by atoms with Gasteiger partial charge in [-0.25, -0.2) is 4.79 Å². The molecular formula is C13H16O3. The Labute approximate surface area is 95.0 Å². The molecule has 0 unspecified atom stereocenters. The zero-order chi connectivity index (χ0) is 11.5. The van der Waals surface area contributed by atoms with Gasteiger partial charge in [-0.1, -0.05) is 18.9 Å². The molecule has 0 aliphatic heterocycles. The highest BCUT2D eigenvalue weighted by Gasteiger charge is 2.19. The zero-order valence-corrected chi connectivity index (χ0v) is 9.40. The fourth-order valence-corrected chi connectivity index (χ4v) is 2.34. The molecule has 1 aliphatic carbocycles. The molecule has 86 valence electrons. The van der Waals surface area contributed by atoms with Gasteiger partial charge in [0.15, 0.2) is 0 Å². The van der Waals surface area contributed by atoms with Crippen molar-refractivity contribution in [3.05, 3.63) is 29.3 Å². The van der Waals surface area contributed by atoms with E-state index in [1.165, 1.54) is 32.8 Å². The van der Waals surface area contributed by atoms with E-state index in [4.69, 9.17) is 0 Å². The van der Waals surface area contributed by atoms with Gasteiger partial charge >= 0.3 is 5.97 Å². The lowest BCUT2D eigenvalue weighted by atomic mass is 9.96. The van der Waals surface area contributed by atoms with Gasteiger partial charge in [-0.2, -0.15) is 0 Å². The summed E-state index contributed by atoms with van der Waals surface area (Å²) in [5, 5.41) is 9.75. The van der Waals surface area contributed by atoms with Gasteiger partial charge < -0.3 is 9.84 Å². The van der Waals surface area contributed by atoms with E-state index < -0.39 is 5.97 Å². The first-order valence-electron chi connectivity index (χ1n) is 5.63. The van der Waals surface area contributed by atoms with Crippen molar-refractivity contribution in [2.24, 2.45) is 0 Å². The lowest BCUT2D eigenvalue weighted by Gasteiger charge is -2.11. The molecule has 0 saturated heterocycles. The number of aromatic hydroxyl groups is 1. The molecule has 1 N–H and O–H groups in total. The number of ether oxygens (including phenoxy) is 1. The number of benzene rings is 1. The van der Waals surface area contributed by atoms with Crippen molar-refractivity contribution in [2.75, 3.05) is 7.11 Å². The molecule has 3 nitrogen and oxygen atoms in total. The maximum absolute atomic E-state index is 11.3. The molecule has 0 aromatic heterocycles. The zero-order valence-electron chi connectivity index (χ0n) is 9.40. The summed E-state index contributed by atoms with van der Waals surface area (Å²) in [6.45, 7) is 0. The molecule has 0 heterocycles. The molecule has 1 aromatic rings. The highest BCUT2D eigenvalue weighted by molar-refractivity contribution is 5.92. The standard InChI is InChI=1S/C13H16O3/c1-16-13(15)11-7-6-10(8-12(11)14)9-4-2-3-5-9/h6-9,14H,2-5H2,1H3. The second-order valence-corrected chi connectivity index (χ2v) is 4.25. The normalized spacial score (nSPS) is 16.3. The largest absolute Gasteiger partial charge is 0.507 e. The molecule has 1 aromatic carbocycles. The van der Waals surface area contributed by atoms with E-state index in [-0.39, 0.29) is 11.3 Å². The van der Waals surface area contributed by atoms with Crippen LogP contribution in [0.3, 0.4) is 0 Å². The van der Waals surface area contributed by atoms with Gasteiger partial charge in [0.1, 0.15) is 11.3 Å². The number of hydrogen-bond acceptors (Lipinski definition) is 3. The highest BCUT2D eigenvalue weighted by Crippen LogP contribution is 2.36. The maximum Gasteiger partial charge on any atom is 0.341 e. The summed E-state index contributed by atoms with van der Waals surface area (Å²) in [4.78, 5) is 11.3. The quantitative estimate of drug-likeness (QED) is 0.779. The van der Waals surface area contributed by atoms with Gasteiger partial charge in [-0.05, 0) is 36.5 Å². The predicted molar refractivity (Wildman–Crippen MR) is 60.7 cm³/mol. The van der Waals surface area contributed by atoms with E-state index >= 15 is 0 Å². The van der Waals surface area contributed by atoms with Crippen LogP contribution in [0.2, 0.25) is 0 Å². The monoisotopic (exact) mass is 220 g/mol. The first kappa shape index (κ1) is 11.0. The van der Waals surface area contributed by atoms with Crippen molar-refractivity contribution in [1.29, 1.82) is 0 Å². The highest BCUT2D eigenvalue weighted by atomic mass is 16.5. The summed E-state index contributed by atoms with van der Waals surface area (Å²) < 4.78 is 4.58. The molecular weight excluding hydrogens is 204 g/mol. The number of phenolic OH excluding ortho intramolecular Hbond substituents is 1. The van der Waals surface area contributed by atoms with Crippen LogP contribution in [0.4, 0.5) is 0 Å². The Kier molecular flexibility index (Phi) is 3.13. The lowest BCUT2D eigenvalue weighted by molar-refractivity contribution is 0.0597. The van der Waals surface area contributed by atoms with Crippen LogP contribution >= 0.6 is 0 Å². The van der Waals surface area contributed by atoms with Crippen LogP contribution in [0.15, 0.2) is 18.2 Å². The second kappa shape index (κ2) is 4.56. The van der Waals surface area contributed by atoms with Crippen LogP contribution in [-0.4, -0.2) is 18.2 Å². The number of esters is 1. The summed E-state index contributed by atoms with van der Waals surface area (Å²) in [5.41, 5.74) is 1.37. The molecule has 1 aliphatic rings. The van der Waals surface area contributed by atoms with E-state index in [9.17, 15) is 9.90 Å². The average Bonchev–Trinajstić information content (AvgIpc) is 2.81. The lowest BCUT2D eigenvalue weighted by Crippen LogP contribution is -2.02. The molecule has 1 saturated carbocycles. The van der Waals surface area contributed by atoms with Crippen molar-refractivity contribution in [3.8, 4) is 5.75 Å². The summed E-state index contributed by atoms with van der Waals surface area (Å²) >= 11 is 0. The Balaban J connectivity index is 2.25. The SMILES string of the molecule is COC(=O)c1ccc(C2CCCC2)cc1O. The van der Waals surface area contributed by atoms with Crippen molar-refractivity contribution in [1.82, 2.24) is 0 Å². The Morgan fingerprint density at radius 3 is 2.62 bits per heavy atom. The molecule has 0 bridgehead atoms. The Morgan fingerprint density at radius 2 is 2.06 bits per heavy atom. The fraction of sp³-hybridized carbons (Fsp3) is 0.462. The van der Waals surface area contributed by atoms with Crippen LogP contribution in [-0.2, 0) is 4.74 Å². The van der Waals surface area contributed by atoms with Gasteiger partial charge in [0.05, 0.1) is 7.11 Å². The first-order valence-corrected chi connectivity index (χ1v) is 5.63. The van der Waals surface area contributed by atoms with Gasteiger partial charge in [0.2, 0.25) is 0 Å². The maximum atomic E-state index is 11.3. The topological polar surface area (TPSA) is 46.5 Å². The molecule has 0 atom stereocenters. The molecule has 3 heteroatoms. The summed E-state index contributed by atoms with van der Waals surface area (Å²) in [7, 11) is 1.31. The number of methoxy groups -OCH3 is 1. The number of carbonyl (C=O) groups excluding carboxylic acids is 1. The van der Waals surface area contributed by atoms with Gasteiger partial charge in [0, 0.05) is 0 Å². The Morgan fingerprint density at radius 1 is 1.38 bits per heavy atom. The van der Waals surface area contributed by atoms with Gasteiger partial charge in [-0.3, -0.25) is 0 Å². The molecule has 16 heavy (non-hydrogen) atoms. The van der Waals surface area contributed by atoms with Crippen molar-refractivity contribution in [3.63, 3.8) is 0 Å². The second-order valence-electron chi connectivity index (χ2n) is 4.25. The fourth-order valence-electron chi connectivity index (χ4n) is 2.34. The van der Waals surface area contributed by atoms with E-state index in [1.807, 2.05) is 6.07 Å². The van der Waals surface area contributed by atoms with E-state index in [0.717, 1.165) is 5.56 Å². The molecule has 0 radical (unpaired) electrons. The minimum atomic E-state index is -0.490. The minimum absolute atomic E-state index is 0.0243. The van der Waals surface area contributed by atoms with Crippen molar-refractivity contribution >= 4 is 5.97 Å².